The third-order valence-electron chi connectivity index (χ3n) is 3.36. The van der Waals surface area contributed by atoms with Crippen LogP contribution in [0.25, 0.3) is 22.6 Å². The van der Waals surface area contributed by atoms with Crippen LogP contribution in [0.1, 0.15) is 0 Å². The molecular formula is C16H13BrClN3. The van der Waals surface area contributed by atoms with Crippen LogP contribution in [0.5, 0.6) is 0 Å². The Morgan fingerprint density at radius 1 is 1.10 bits per heavy atom. The maximum absolute atomic E-state index is 6.21. The van der Waals surface area contributed by atoms with Gasteiger partial charge >= 0.3 is 0 Å². The van der Waals surface area contributed by atoms with Crippen LogP contribution >= 0.6 is 27.5 Å². The van der Waals surface area contributed by atoms with Crippen LogP contribution in [0, 0.1) is 0 Å². The van der Waals surface area contributed by atoms with Crippen molar-refractivity contribution in [3.05, 3.63) is 58.0 Å². The van der Waals surface area contributed by atoms with Gasteiger partial charge in [-0.05, 0) is 28.1 Å². The molecule has 0 radical (unpaired) electrons. The normalized spacial score (nSPS) is 10.8. The highest BCUT2D eigenvalue weighted by atomic mass is 79.9. The second kappa shape index (κ2) is 5.54. The number of nitrogens with two attached hydrogens (primary N) is 1. The zero-order chi connectivity index (χ0) is 15.0. The fourth-order valence-corrected chi connectivity index (χ4v) is 2.64. The fraction of sp³-hybridized carbons (Fsp3) is 0.0625. The topological polar surface area (TPSA) is 43.8 Å². The van der Waals surface area contributed by atoms with Crippen molar-refractivity contribution in [3.8, 4) is 22.6 Å². The predicted octanol–water partition coefficient (Wildman–Crippen LogP) is 4.75. The average Bonchev–Trinajstić information content (AvgIpc) is 2.79. The van der Waals surface area contributed by atoms with Crippen LogP contribution < -0.4 is 5.73 Å². The van der Waals surface area contributed by atoms with Gasteiger partial charge in [-0.15, -0.1) is 0 Å². The third-order valence-corrected chi connectivity index (χ3v) is 4.60. The van der Waals surface area contributed by atoms with Crippen molar-refractivity contribution in [1.29, 1.82) is 0 Å². The summed E-state index contributed by atoms with van der Waals surface area (Å²) in [4.78, 5) is 4.68. The molecule has 0 fully saturated rings. The Kier molecular flexibility index (Phi) is 3.74. The highest BCUT2D eigenvalue weighted by molar-refractivity contribution is 9.10. The third kappa shape index (κ3) is 2.57. The largest absolute Gasteiger partial charge is 0.383 e. The quantitative estimate of drug-likeness (QED) is 0.715. The Bertz CT molecular complexity index is 797. The molecule has 0 amide bonds. The lowest BCUT2D eigenvalue weighted by Gasteiger charge is -2.03. The number of imidazole rings is 1. The molecule has 0 unspecified atom stereocenters. The van der Waals surface area contributed by atoms with Crippen molar-refractivity contribution >= 4 is 33.3 Å². The molecule has 0 aliphatic rings. The van der Waals surface area contributed by atoms with Gasteiger partial charge in [-0.2, -0.15) is 0 Å². The number of rotatable bonds is 2. The molecule has 0 bridgehead atoms. The summed E-state index contributed by atoms with van der Waals surface area (Å²) in [5, 5.41) is 0.638. The van der Waals surface area contributed by atoms with Gasteiger partial charge < -0.3 is 10.3 Å². The Labute approximate surface area is 136 Å². The van der Waals surface area contributed by atoms with E-state index in [-0.39, 0.29) is 0 Å². The second-order valence-electron chi connectivity index (χ2n) is 4.72. The van der Waals surface area contributed by atoms with Gasteiger partial charge in [0.15, 0.2) is 0 Å². The van der Waals surface area contributed by atoms with Crippen LogP contribution in [-0.2, 0) is 7.05 Å². The second-order valence-corrected chi connectivity index (χ2v) is 5.98. The van der Waals surface area contributed by atoms with Gasteiger partial charge in [-0.3, -0.25) is 0 Å². The number of hydrogen-bond donors (Lipinski definition) is 1. The number of hydrogen-bond acceptors (Lipinski definition) is 2. The first kappa shape index (κ1) is 14.2. The summed E-state index contributed by atoms with van der Waals surface area (Å²) in [6.07, 6.45) is 0. The number of nitrogens with zero attached hydrogens (tertiary/aromatic N) is 2. The molecule has 0 saturated carbocycles. The summed E-state index contributed by atoms with van der Waals surface area (Å²) in [6, 6.07) is 15.7. The maximum Gasteiger partial charge on any atom is 0.142 e. The van der Waals surface area contributed by atoms with Crippen molar-refractivity contribution in [2.45, 2.75) is 0 Å². The monoisotopic (exact) mass is 361 g/mol. The zero-order valence-corrected chi connectivity index (χ0v) is 13.7. The Morgan fingerprint density at radius 2 is 1.81 bits per heavy atom. The summed E-state index contributed by atoms with van der Waals surface area (Å²) >= 11 is 9.55. The first-order valence-corrected chi connectivity index (χ1v) is 7.58. The minimum absolute atomic E-state index is 0.618. The number of nitrogen functional groups attached to an aromatic ring is 1. The van der Waals surface area contributed by atoms with Gasteiger partial charge in [-0.1, -0.05) is 48.0 Å². The van der Waals surface area contributed by atoms with E-state index >= 15 is 0 Å². The summed E-state index contributed by atoms with van der Waals surface area (Å²) in [5.74, 6) is 1.45. The highest BCUT2D eigenvalue weighted by Crippen LogP contribution is 2.33. The van der Waals surface area contributed by atoms with Gasteiger partial charge in [0.25, 0.3) is 0 Å². The van der Waals surface area contributed by atoms with E-state index in [1.807, 2.05) is 60.1 Å². The van der Waals surface area contributed by atoms with E-state index in [4.69, 9.17) is 17.3 Å². The number of anilines is 1. The molecule has 0 spiro atoms. The minimum atomic E-state index is 0.618. The molecule has 0 aliphatic carbocycles. The van der Waals surface area contributed by atoms with Crippen LogP contribution in [0.3, 0.4) is 0 Å². The molecule has 0 atom stereocenters. The fourth-order valence-electron chi connectivity index (χ4n) is 2.21. The summed E-state index contributed by atoms with van der Waals surface area (Å²) in [5.41, 5.74) is 8.88. The number of benzene rings is 2. The molecule has 106 valence electrons. The van der Waals surface area contributed by atoms with E-state index in [0.717, 1.165) is 27.1 Å². The predicted molar refractivity (Wildman–Crippen MR) is 91.2 cm³/mol. The highest BCUT2D eigenvalue weighted by Gasteiger charge is 2.15. The molecule has 21 heavy (non-hydrogen) atoms. The lowest BCUT2D eigenvalue weighted by molar-refractivity contribution is 0.937. The molecule has 3 rings (SSSR count). The van der Waals surface area contributed by atoms with Crippen molar-refractivity contribution < 1.29 is 0 Å². The Hall–Kier alpha value is -1.78. The van der Waals surface area contributed by atoms with E-state index in [2.05, 4.69) is 20.9 Å². The Morgan fingerprint density at radius 3 is 2.48 bits per heavy atom. The van der Waals surface area contributed by atoms with Crippen LogP contribution in [0.2, 0.25) is 5.02 Å². The lowest BCUT2D eigenvalue weighted by Crippen LogP contribution is -1.98. The van der Waals surface area contributed by atoms with Crippen LogP contribution in [-0.4, -0.2) is 9.55 Å². The van der Waals surface area contributed by atoms with Crippen molar-refractivity contribution in [3.63, 3.8) is 0 Å². The molecular weight excluding hydrogens is 350 g/mol. The molecule has 2 aromatic carbocycles. The maximum atomic E-state index is 6.21. The average molecular weight is 363 g/mol. The first-order chi connectivity index (χ1) is 10.1. The molecule has 5 heteroatoms. The van der Waals surface area contributed by atoms with Gasteiger partial charge in [0.2, 0.25) is 0 Å². The van der Waals surface area contributed by atoms with Gasteiger partial charge in [0, 0.05) is 22.6 Å². The number of aromatic nitrogens is 2. The van der Waals surface area contributed by atoms with E-state index in [1.54, 1.807) is 0 Å². The molecule has 2 N–H and O–H groups in total. The number of halogens is 2. The van der Waals surface area contributed by atoms with E-state index in [1.165, 1.54) is 0 Å². The molecule has 1 heterocycles. The standard InChI is InChI=1S/C16H13BrClN3/c1-21-15(19)14(11-7-8-12(17)13(18)9-11)20-16(21)10-5-3-2-4-6-10/h2-9H,19H2,1H3. The molecule has 3 nitrogen and oxygen atoms in total. The molecule has 3 aromatic rings. The SMILES string of the molecule is Cn1c(-c2ccccc2)nc(-c2ccc(Br)c(Cl)c2)c1N. The van der Waals surface area contributed by atoms with Crippen molar-refractivity contribution in [2.75, 3.05) is 5.73 Å². The smallest absolute Gasteiger partial charge is 0.142 e. The van der Waals surface area contributed by atoms with E-state index in [9.17, 15) is 0 Å². The molecule has 0 saturated heterocycles. The van der Waals surface area contributed by atoms with Crippen molar-refractivity contribution in [2.24, 2.45) is 7.05 Å². The summed E-state index contributed by atoms with van der Waals surface area (Å²) in [6.45, 7) is 0. The molecule has 0 aliphatic heterocycles. The first-order valence-electron chi connectivity index (χ1n) is 6.41. The van der Waals surface area contributed by atoms with Crippen molar-refractivity contribution in [1.82, 2.24) is 9.55 Å². The van der Waals surface area contributed by atoms with Crippen LogP contribution in [0.4, 0.5) is 5.82 Å². The zero-order valence-electron chi connectivity index (χ0n) is 11.3. The van der Waals surface area contributed by atoms with E-state index in [0.29, 0.717) is 10.8 Å². The van der Waals surface area contributed by atoms with Gasteiger partial charge in [0.1, 0.15) is 17.3 Å². The molecule has 1 aromatic heterocycles. The van der Waals surface area contributed by atoms with Crippen LogP contribution in [0.15, 0.2) is 53.0 Å². The Balaban J connectivity index is 2.15. The van der Waals surface area contributed by atoms with Gasteiger partial charge in [-0.25, -0.2) is 4.98 Å². The summed E-state index contributed by atoms with van der Waals surface area (Å²) in [7, 11) is 1.91. The van der Waals surface area contributed by atoms with E-state index < -0.39 is 0 Å². The van der Waals surface area contributed by atoms with Gasteiger partial charge in [0.05, 0.1) is 5.02 Å². The summed E-state index contributed by atoms with van der Waals surface area (Å²) < 4.78 is 2.74. The lowest BCUT2D eigenvalue weighted by atomic mass is 10.1. The minimum Gasteiger partial charge on any atom is -0.383 e.